The molecule has 1 aromatic carbocycles. The number of carboxylic acid groups (broad SMARTS) is 1. The molecule has 1 aromatic heterocycles. The van der Waals surface area contributed by atoms with Crippen LogP contribution < -0.4 is 0 Å². The van der Waals surface area contributed by atoms with Gasteiger partial charge in [0.2, 0.25) is 0 Å². The highest BCUT2D eigenvalue weighted by atomic mass is 19.4. The highest BCUT2D eigenvalue weighted by Gasteiger charge is 2.38. The highest BCUT2D eigenvalue weighted by Crippen LogP contribution is 2.23. The van der Waals surface area contributed by atoms with E-state index in [0.717, 1.165) is 55.9 Å². The van der Waals surface area contributed by atoms with Crippen molar-refractivity contribution in [3.8, 4) is 0 Å². The molecule has 1 fully saturated rings. The predicted molar refractivity (Wildman–Crippen MR) is 93.0 cm³/mol. The number of halogens is 4. The van der Waals surface area contributed by atoms with Crippen LogP contribution >= 0.6 is 0 Å². The minimum Gasteiger partial charge on any atom is -0.475 e. The van der Waals surface area contributed by atoms with Crippen LogP contribution in [0.2, 0.25) is 0 Å². The predicted octanol–water partition coefficient (Wildman–Crippen LogP) is 4.21. The molecule has 3 rings (SSSR count). The van der Waals surface area contributed by atoms with E-state index in [1.165, 1.54) is 0 Å². The Balaban J connectivity index is 0.000000345. The molecule has 0 unspecified atom stereocenters. The molecule has 0 radical (unpaired) electrons. The molecule has 1 saturated heterocycles. The van der Waals surface area contributed by atoms with Crippen LogP contribution in [0.25, 0.3) is 0 Å². The van der Waals surface area contributed by atoms with Gasteiger partial charge >= 0.3 is 12.1 Å². The summed E-state index contributed by atoms with van der Waals surface area (Å²) in [5.74, 6) is -1.39. The fourth-order valence-corrected chi connectivity index (χ4v) is 3.05. The molecule has 5 nitrogen and oxygen atoms in total. The third kappa shape index (κ3) is 6.95. The van der Waals surface area contributed by atoms with Crippen molar-refractivity contribution < 1.29 is 32.0 Å². The summed E-state index contributed by atoms with van der Waals surface area (Å²) in [6.07, 6.45) is -2.00. The van der Waals surface area contributed by atoms with Gasteiger partial charge < -0.3 is 9.63 Å². The standard InChI is InChI=1S/C17H21FN2O.C2HF3O2/c1-13-10-16(19-21-13)12-20-8-6-14(7-9-20)11-15-4-2-3-5-17(15)18;3-2(4,5)1(6)7/h2-5,10,14H,6-9,11-12H2,1H3;(H,6,7). The van der Waals surface area contributed by atoms with Gasteiger partial charge in [-0.1, -0.05) is 23.4 Å². The normalized spacial score (nSPS) is 15.8. The molecule has 1 aliphatic rings. The molecule has 9 heteroatoms. The molecule has 0 aliphatic carbocycles. The van der Waals surface area contributed by atoms with Crippen LogP contribution in [-0.2, 0) is 17.8 Å². The molecule has 2 aromatic rings. The van der Waals surface area contributed by atoms with Crippen LogP contribution in [0.3, 0.4) is 0 Å². The lowest BCUT2D eigenvalue weighted by molar-refractivity contribution is -0.192. The molecule has 154 valence electrons. The minimum absolute atomic E-state index is 0.0713. The van der Waals surface area contributed by atoms with Crippen molar-refractivity contribution >= 4 is 5.97 Å². The maximum absolute atomic E-state index is 13.7. The average Bonchev–Trinajstić information content (AvgIpc) is 3.03. The molecule has 0 spiro atoms. The van der Waals surface area contributed by atoms with Gasteiger partial charge in [-0.25, -0.2) is 9.18 Å². The topological polar surface area (TPSA) is 66.6 Å². The number of rotatable bonds is 4. The van der Waals surface area contributed by atoms with E-state index in [4.69, 9.17) is 14.4 Å². The Morgan fingerprint density at radius 2 is 1.89 bits per heavy atom. The molecule has 0 saturated carbocycles. The minimum atomic E-state index is -5.08. The lowest BCUT2D eigenvalue weighted by Gasteiger charge is -2.31. The van der Waals surface area contributed by atoms with Gasteiger partial charge in [-0.3, -0.25) is 4.90 Å². The van der Waals surface area contributed by atoms with Crippen LogP contribution in [0.4, 0.5) is 17.6 Å². The van der Waals surface area contributed by atoms with Crippen molar-refractivity contribution in [3.05, 3.63) is 53.2 Å². The van der Waals surface area contributed by atoms with Crippen molar-refractivity contribution in [1.29, 1.82) is 0 Å². The maximum Gasteiger partial charge on any atom is 0.490 e. The van der Waals surface area contributed by atoms with Gasteiger partial charge in [0.05, 0.1) is 5.69 Å². The Hall–Kier alpha value is -2.42. The van der Waals surface area contributed by atoms with E-state index >= 15 is 0 Å². The van der Waals surface area contributed by atoms with Gasteiger partial charge in [-0.05, 0) is 56.8 Å². The Bertz CT molecular complexity index is 769. The van der Waals surface area contributed by atoms with E-state index in [-0.39, 0.29) is 5.82 Å². The van der Waals surface area contributed by atoms with Gasteiger partial charge in [0, 0.05) is 12.6 Å². The van der Waals surface area contributed by atoms with Gasteiger partial charge in [-0.15, -0.1) is 0 Å². The Labute approximate surface area is 159 Å². The molecule has 0 bridgehead atoms. The monoisotopic (exact) mass is 402 g/mol. The highest BCUT2D eigenvalue weighted by molar-refractivity contribution is 5.73. The summed E-state index contributed by atoms with van der Waals surface area (Å²) < 4.78 is 50.5. The number of aryl methyl sites for hydroxylation is 1. The van der Waals surface area contributed by atoms with E-state index in [0.29, 0.717) is 5.92 Å². The van der Waals surface area contributed by atoms with Crippen molar-refractivity contribution in [2.24, 2.45) is 5.92 Å². The summed E-state index contributed by atoms with van der Waals surface area (Å²) in [6, 6.07) is 9.12. The number of hydrogen-bond acceptors (Lipinski definition) is 4. The van der Waals surface area contributed by atoms with E-state index in [2.05, 4.69) is 10.1 Å². The zero-order chi connectivity index (χ0) is 20.7. The Morgan fingerprint density at radius 3 is 2.39 bits per heavy atom. The number of aromatic nitrogens is 1. The van der Waals surface area contributed by atoms with Gasteiger partial charge in [0.1, 0.15) is 11.6 Å². The summed E-state index contributed by atoms with van der Waals surface area (Å²) in [6.45, 7) is 4.86. The second-order valence-electron chi connectivity index (χ2n) is 6.75. The van der Waals surface area contributed by atoms with Crippen molar-refractivity contribution in [1.82, 2.24) is 10.1 Å². The first-order valence-electron chi connectivity index (χ1n) is 8.83. The summed E-state index contributed by atoms with van der Waals surface area (Å²) in [5.41, 5.74) is 1.85. The number of aliphatic carboxylic acids is 1. The van der Waals surface area contributed by atoms with Crippen LogP contribution in [0.5, 0.6) is 0 Å². The lowest BCUT2D eigenvalue weighted by atomic mass is 9.90. The Morgan fingerprint density at radius 1 is 1.29 bits per heavy atom. The number of alkyl halides is 3. The number of benzene rings is 1. The third-order valence-corrected chi connectivity index (χ3v) is 4.48. The quantitative estimate of drug-likeness (QED) is 0.776. The van der Waals surface area contributed by atoms with Gasteiger partial charge in [-0.2, -0.15) is 13.2 Å². The zero-order valence-corrected chi connectivity index (χ0v) is 15.4. The van der Waals surface area contributed by atoms with Crippen LogP contribution in [0.15, 0.2) is 34.9 Å². The second-order valence-corrected chi connectivity index (χ2v) is 6.75. The molecular weight excluding hydrogens is 380 g/mol. The summed E-state index contributed by atoms with van der Waals surface area (Å²) in [4.78, 5) is 11.3. The van der Waals surface area contributed by atoms with Gasteiger partial charge in [0.15, 0.2) is 0 Å². The lowest BCUT2D eigenvalue weighted by Crippen LogP contribution is -2.34. The molecule has 0 atom stereocenters. The summed E-state index contributed by atoms with van der Waals surface area (Å²) in [5, 5.41) is 11.2. The average molecular weight is 402 g/mol. The fourth-order valence-electron chi connectivity index (χ4n) is 3.05. The number of carbonyl (C=O) groups is 1. The number of nitrogens with zero attached hydrogens (tertiary/aromatic N) is 2. The SMILES string of the molecule is Cc1cc(CN2CCC(Cc3ccccc3F)CC2)no1.O=C(O)C(F)(F)F. The molecule has 0 amide bonds. The number of likely N-dealkylation sites (tertiary alicyclic amines) is 1. The largest absolute Gasteiger partial charge is 0.490 e. The number of carboxylic acids is 1. The first kappa shape index (κ1) is 21.9. The molecule has 1 N–H and O–H groups in total. The maximum atomic E-state index is 13.7. The van der Waals surface area contributed by atoms with E-state index in [1.54, 1.807) is 12.1 Å². The van der Waals surface area contributed by atoms with E-state index in [9.17, 15) is 17.6 Å². The van der Waals surface area contributed by atoms with Crippen molar-refractivity contribution in [3.63, 3.8) is 0 Å². The molecule has 2 heterocycles. The van der Waals surface area contributed by atoms with E-state index < -0.39 is 12.1 Å². The first-order valence-corrected chi connectivity index (χ1v) is 8.83. The van der Waals surface area contributed by atoms with E-state index in [1.807, 2.05) is 25.1 Å². The van der Waals surface area contributed by atoms with Gasteiger partial charge in [0.25, 0.3) is 0 Å². The zero-order valence-electron chi connectivity index (χ0n) is 15.4. The van der Waals surface area contributed by atoms with Crippen LogP contribution in [0, 0.1) is 18.7 Å². The van der Waals surface area contributed by atoms with Crippen molar-refractivity contribution in [2.75, 3.05) is 13.1 Å². The number of piperidine rings is 1. The van der Waals surface area contributed by atoms with Crippen LogP contribution in [0.1, 0.15) is 29.9 Å². The summed E-state index contributed by atoms with van der Waals surface area (Å²) >= 11 is 0. The number of hydrogen-bond donors (Lipinski definition) is 1. The molecular formula is C19H22F4N2O3. The van der Waals surface area contributed by atoms with Crippen LogP contribution in [-0.4, -0.2) is 40.4 Å². The smallest absolute Gasteiger partial charge is 0.475 e. The Kier molecular flexibility index (Phi) is 7.56. The molecule has 28 heavy (non-hydrogen) atoms. The first-order chi connectivity index (χ1) is 13.1. The third-order valence-electron chi connectivity index (χ3n) is 4.48. The summed E-state index contributed by atoms with van der Waals surface area (Å²) in [7, 11) is 0. The fraction of sp³-hybridized carbons (Fsp3) is 0.474. The molecule has 1 aliphatic heterocycles. The second kappa shape index (κ2) is 9.68. The van der Waals surface area contributed by atoms with Crippen molar-refractivity contribution in [2.45, 2.75) is 38.9 Å².